The Morgan fingerprint density at radius 2 is 1.97 bits per heavy atom. The Balaban J connectivity index is 1.44. The fourth-order valence-corrected chi connectivity index (χ4v) is 5.51. The molecule has 0 amide bonds. The summed E-state index contributed by atoms with van der Waals surface area (Å²) in [4.78, 5) is 24.8. The number of thiophene rings is 1. The van der Waals surface area contributed by atoms with Crippen LogP contribution in [0, 0.1) is 0 Å². The van der Waals surface area contributed by atoms with Crippen LogP contribution in [-0.4, -0.2) is 35.6 Å². The van der Waals surface area contributed by atoms with Gasteiger partial charge >= 0.3 is 0 Å². The lowest BCUT2D eigenvalue weighted by atomic mass is 10.0. The first-order valence-electron chi connectivity index (χ1n) is 10.7. The van der Waals surface area contributed by atoms with Gasteiger partial charge in [0.2, 0.25) is 0 Å². The number of rotatable bonds is 6. The van der Waals surface area contributed by atoms with Crippen molar-refractivity contribution >= 4 is 21.6 Å². The van der Waals surface area contributed by atoms with Crippen molar-refractivity contribution in [2.75, 3.05) is 20.8 Å². The SMILES string of the molecule is COc1ccc(C2CCCN2Cc2nc3sc(-c4ccccc4)cc3c(=O)[nH]2)c(OC)c1. The van der Waals surface area contributed by atoms with Crippen molar-refractivity contribution in [3.8, 4) is 21.9 Å². The van der Waals surface area contributed by atoms with Gasteiger partial charge in [0.05, 0.1) is 26.2 Å². The number of H-pyrrole nitrogens is 1. The monoisotopic (exact) mass is 447 g/mol. The van der Waals surface area contributed by atoms with Crippen LogP contribution in [0.5, 0.6) is 11.5 Å². The zero-order chi connectivity index (χ0) is 22.1. The molecule has 1 fully saturated rings. The second-order valence-corrected chi connectivity index (χ2v) is 8.98. The van der Waals surface area contributed by atoms with Crippen molar-refractivity contribution in [1.29, 1.82) is 0 Å². The highest BCUT2D eigenvalue weighted by Gasteiger charge is 2.29. The van der Waals surface area contributed by atoms with Crippen molar-refractivity contribution < 1.29 is 9.47 Å². The molecule has 164 valence electrons. The molecule has 1 aliphatic rings. The summed E-state index contributed by atoms with van der Waals surface area (Å²) in [6.45, 7) is 1.53. The molecule has 4 aromatic rings. The van der Waals surface area contributed by atoms with Crippen LogP contribution in [-0.2, 0) is 6.54 Å². The zero-order valence-electron chi connectivity index (χ0n) is 18.1. The van der Waals surface area contributed by atoms with Gasteiger partial charge in [-0.05, 0) is 37.1 Å². The maximum atomic E-state index is 12.8. The summed E-state index contributed by atoms with van der Waals surface area (Å²) in [6, 6.07) is 18.2. The smallest absolute Gasteiger partial charge is 0.259 e. The number of aromatic nitrogens is 2. The van der Waals surface area contributed by atoms with E-state index in [1.165, 1.54) is 0 Å². The minimum atomic E-state index is -0.0822. The van der Waals surface area contributed by atoms with Gasteiger partial charge in [-0.1, -0.05) is 36.4 Å². The van der Waals surface area contributed by atoms with Gasteiger partial charge in [0, 0.05) is 22.5 Å². The third-order valence-corrected chi connectivity index (χ3v) is 7.10. The molecule has 3 heterocycles. The summed E-state index contributed by atoms with van der Waals surface area (Å²) in [5.74, 6) is 2.30. The summed E-state index contributed by atoms with van der Waals surface area (Å²) in [6.07, 6.45) is 2.12. The molecule has 0 bridgehead atoms. The molecule has 2 aromatic heterocycles. The minimum Gasteiger partial charge on any atom is -0.497 e. The van der Waals surface area contributed by atoms with E-state index in [2.05, 4.69) is 28.1 Å². The number of fused-ring (bicyclic) bond motifs is 1. The number of ether oxygens (including phenoxy) is 2. The average molecular weight is 448 g/mol. The second-order valence-electron chi connectivity index (χ2n) is 7.94. The van der Waals surface area contributed by atoms with Crippen LogP contribution in [0.4, 0.5) is 0 Å². The lowest BCUT2D eigenvalue weighted by molar-refractivity contribution is 0.237. The molecule has 2 aromatic carbocycles. The van der Waals surface area contributed by atoms with Crippen molar-refractivity contribution in [3.63, 3.8) is 0 Å². The van der Waals surface area contributed by atoms with E-state index >= 15 is 0 Å². The summed E-state index contributed by atoms with van der Waals surface area (Å²) >= 11 is 1.56. The maximum Gasteiger partial charge on any atom is 0.259 e. The number of hydrogen-bond donors (Lipinski definition) is 1. The van der Waals surface area contributed by atoms with Crippen LogP contribution in [0.25, 0.3) is 20.7 Å². The normalized spacial score (nSPS) is 16.5. The first kappa shape index (κ1) is 20.7. The Labute approximate surface area is 190 Å². The van der Waals surface area contributed by atoms with Gasteiger partial charge in [0.1, 0.15) is 22.2 Å². The van der Waals surface area contributed by atoms with E-state index in [4.69, 9.17) is 14.5 Å². The van der Waals surface area contributed by atoms with Crippen LogP contribution in [0.3, 0.4) is 0 Å². The molecular formula is C25H25N3O3S. The zero-order valence-corrected chi connectivity index (χ0v) is 18.9. The van der Waals surface area contributed by atoms with E-state index < -0.39 is 0 Å². The van der Waals surface area contributed by atoms with Crippen molar-refractivity contribution in [3.05, 3.63) is 76.3 Å². The molecule has 7 heteroatoms. The summed E-state index contributed by atoms with van der Waals surface area (Å²) < 4.78 is 11.0. The van der Waals surface area contributed by atoms with Crippen LogP contribution < -0.4 is 15.0 Å². The lowest BCUT2D eigenvalue weighted by Gasteiger charge is -2.25. The van der Waals surface area contributed by atoms with Gasteiger partial charge in [-0.15, -0.1) is 11.3 Å². The molecule has 32 heavy (non-hydrogen) atoms. The van der Waals surface area contributed by atoms with Crippen molar-refractivity contribution in [2.45, 2.75) is 25.4 Å². The van der Waals surface area contributed by atoms with E-state index in [1.54, 1.807) is 25.6 Å². The molecule has 1 unspecified atom stereocenters. The Morgan fingerprint density at radius 3 is 2.75 bits per heavy atom. The summed E-state index contributed by atoms with van der Waals surface area (Å²) in [5, 5.41) is 0.646. The van der Waals surface area contributed by atoms with Gasteiger partial charge in [-0.2, -0.15) is 0 Å². The molecule has 1 N–H and O–H groups in total. The quantitative estimate of drug-likeness (QED) is 0.450. The van der Waals surface area contributed by atoms with Crippen LogP contribution in [0.2, 0.25) is 0 Å². The molecule has 0 spiro atoms. The number of benzene rings is 2. The molecule has 0 radical (unpaired) electrons. The second kappa shape index (κ2) is 8.76. The molecule has 5 rings (SSSR count). The number of nitrogens with zero attached hydrogens (tertiary/aromatic N) is 2. The van der Waals surface area contributed by atoms with Crippen LogP contribution in [0.1, 0.15) is 30.3 Å². The molecule has 1 saturated heterocycles. The van der Waals surface area contributed by atoms with Gasteiger partial charge in [0.25, 0.3) is 5.56 Å². The first-order valence-corrected chi connectivity index (χ1v) is 11.5. The van der Waals surface area contributed by atoms with Gasteiger partial charge < -0.3 is 14.5 Å². The third-order valence-electron chi connectivity index (χ3n) is 6.03. The first-order chi connectivity index (χ1) is 15.7. The highest BCUT2D eigenvalue weighted by molar-refractivity contribution is 7.21. The predicted octanol–water partition coefficient (Wildman–Crippen LogP) is 5.01. The van der Waals surface area contributed by atoms with E-state index in [9.17, 15) is 4.79 Å². The number of likely N-dealkylation sites (tertiary alicyclic amines) is 1. The molecule has 0 aliphatic carbocycles. The van der Waals surface area contributed by atoms with E-state index in [0.29, 0.717) is 17.8 Å². The fourth-order valence-electron chi connectivity index (χ4n) is 4.45. The number of aromatic amines is 1. The highest BCUT2D eigenvalue weighted by atomic mass is 32.1. The van der Waals surface area contributed by atoms with E-state index in [0.717, 1.165) is 51.7 Å². The van der Waals surface area contributed by atoms with Crippen LogP contribution >= 0.6 is 11.3 Å². The molecule has 6 nitrogen and oxygen atoms in total. The van der Waals surface area contributed by atoms with Gasteiger partial charge in [-0.3, -0.25) is 9.69 Å². The minimum absolute atomic E-state index is 0.0822. The average Bonchev–Trinajstić information content (AvgIpc) is 3.46. The molecule has 0 saturated carbocycles. The Bertz CT molecular complexity index is 1300. The number of methoxy groups -OCH3 is 2. The predicted molar refractivity (Wildman–Crippen MR) is 128 cm³/mol. The fraction of sp³-hybridized carbons (Fsp3) is 0.280. The van der Waals surface area contributed by atoms with E-state index in [1.807, 2.05) is 36.4 Å². The van der Waals surface area contributed by atoms with Gasteiger partial charge in [-0.25, -0.2) is 4.98 Å². The number of nitrogens with one attached hydrogen (secondary N) is 1. The Kier molecular flexibility index (Phi) is 5.68. The molecule has 1 aliphatic heterocycles. The Morgan fingerprint density at radius 1 is 1.12 bits per heavy atom. The molecular weight excluding hydrogens is 422 g/mol. The Hall–Kier alpha value is -3.16. The van der Waals surface area contributed by atoms with Crippen LogP contribution in [0.15, 0.2) is 59.4 Å². The highest BCUT2D eigenvalue weighted by Crippen LogP contribution is 2.39. The lowest BCUT2D eigenvalue weighted by Crippen LogP contribution is -2.25. The van der Waals surface area contributed by atoms with E-state index in [-0.39, 0.29) is 11.6 Å². The van der Waals surface area contributed by atoms with Crippen molar-refractivity contribution in [2.24, 2.45) is 0 Å². The van der Waals surface area contributed by atoms with Crippen molar-refractivity contribution in [1.82, 2.24) is 14.9 Å². The third kappa shape index (κ3) is 3.89. The summed E-state index contributed by atoms with van der Waals surface area (Å²) in [5.41, 5.74) is 2.15. The topological polar surface area (TPSA) is 67.5 Å². The maximum absolute atomic E-state index is 12.8. The molecule has 1 atom stereocenters. The standard InChI is InChI=1S/C25H25N3O3S/c1-30-17-10-11-18(21(13-17)31-2)20-9-6-12-28(20)15-23-26-24(29)19-14-22(32-25(19)27-23)16-7-4-3-5-8-16/h3-5,7-8,10-11,13-14,20H,6,9,12,15H2,1-2H3,(H,26,27,29). The van der Waals surface area contributed by atoms with Gasteiger partial charge in [0.15, 0.2) is 0 Å². The number of hydrogen-bond acceptors (Lipinski definition) is 6. The summed E-state index contributed by atoms with van der Waals surface area (Å²) in [7, 11) is 3.34. The largest absolute Gasteiger partial charge is 0.497 e.